The predicted molar refractivity (Wildman–Crippen MR) is 77.6 cm³/mol. The van der Waals surface area contributed by atoms with Crippen LogP contribution in [0.2, 0.25) is 0 Å². The lowest BCUT2D eigenvalue weighted by molar-refractivity contribution is -0.385. The van der Waals surface area contributed by atoms with Crippen LogP contribution < -0.4 is 5.73 Å². The SMILES string of the molecule is NCC1CCCCC1OCCc1ccccc1[N+](=O)[O-]. The van der Waals surface area contributed by atoms with E-state index in [1.807, 2.05) is 6.07 Å². The zero-order valence-corrected chi connectivity index (χ0v) is 11.7. The van der Waals surface area contributed by atoms with E-state index in [0.29, 0.717) is 25.5 Å². The Kier molecular flexibility index (Phi) is 5.49. The highest BCUT2D eigenvalue weighted by Crippen LogP contribution is 2.26. The lowest BCUT2D eigenvalue weighted by Gasteiger charge is -2.30. The van der Waals surface area contributed by atoms with Crippen LogP contribution in [-0.4, -0.2) is 24.2 Å². The lowest BCUT2D eigenvalue weighted by Crippen LogP contribution is -2.33. The second-order valence-electron chi connectivity index (χ2n) is 5.33. The first-order valence-electron chi connectivity index (χ1n) is 7.26. The quantitative estimate of drug-likeness (QED) is 0.641. The van der Waals surface area contributed by atoms with Crippen LogP contribution in [0, 0.1) is 16.0 Å². The summed E-state index contributed by atoms with van der Waals surface area (Å²) in [6, 6.07) is 6.85. The molecule has 2 atom stereocenters. The smallest absolute Gasteiger partial charge is 0.272 e. The number of nitrogens with two attached hydrogens (primary N) is 1. The van der Waals surface area contributed by atoms with Crippen LogP contribution in [0.5, 0.6) is 0 Å². The molecule has 1 saturated carbocycles. The van der Waals surface area contributed by atoms with Crippen LogP contribution in [0.25, 0.3) is 0 Å². The summed E-state index contributed by atoms with van der Waals surface area (Å²) in [6.45, 7) is 1.18. The normalized spacial score (nSPS) is 22.6. The summed E-state index contributed by atoms with van der Waals surface area (Å²) in [6.07, 6.45) is 5.39. The van der Waals surface area contributed by atoms with Crippen LogP contribution in [0.4, 0.5) is 5.69 Å². The van der Waals surface area contributed by atoms with Crippen molar-refractivity contribution >= 4 is 5.69 Å². The molecule has 0 aliphatic heterocycles. The van der Waals surface area contributed by atoms with Gasteiger partial charge < -0.3 is 10.5 Å². The van der Waals surface area contributed by atoms with Crippen LogP contribution in [-0.2, 0) is 11.2 Å². The molecular weight excluding hydrogens is 256 g/mol. The van der Waals surface area contributed by atoms with Gasteiger partial charge in [0.05, 0.1) is 17.6 Å². The highest BCUT2D eigenvalue weighted by molar-refractivity contribution is 5.39. The first kappa shape index (κ1) is 14.9. The van der Waals surface area contributed by atoms with Crippen LogP contribution >= 0.6 is 0 Å². The number of nitro groups is 1. The molecule has 0 heterocycles. The summed E-state index contributed by atoms with van der Waals surface area (Å²) >= 11 is 0. The van der Waals surface area contributed by atoms with Crippen LogP contribution in [0.1, 0.15) is 31.2 Å². The number of nitrogens with zero attached hydrogens (tertiary/aromatic N) is 1. The first-order chi connectivity index (χ1) is 9.72. The Morgan fingerprint density at radius 3 is 2.80 bits per heavy atom. The lowest BCUT2D eigenvalue weighted by atomic mass is 9.86. The zero-order valence-electron chi connectivity index (χ0n) is 11.7. The maximum Gasteiger partial charge on any atom is 0.272 e. The average molecular weight is 278 g/mol. The Morgan fingerprint density at radius 2 is 2.05 bits per heavy atom. The number of para-hydroxylation sites is 1. The number of benzene rings is 1. The molecule has 2 N–H and O–H groups in total. The largest absolute Gasteiger partial charge is 0.378 e. The van der Waals surface area contributed by atoms with Gasteiger partial charge in [0.25, 0.3) is 5.69 Å². The molecule has 110 valence electrons. The van der Waals surface area contributed by atoms with Gasteiger partial charge in [0.1, 0.15) is 0 Å². The molecule has 0 spiro atoms. The molecule has 1 aromatic carbocycles. The number of ether oxygens (including phenoxy) is 1. The number of rotatable bonds is 6. The molecule has 0 saturated heterocycles. The third-order valence-corrected chi connectivity index (χ3v) is 4.03. The summed E-state index contributed by atoms with van der Waals surface area (Å²) in [5.74, 6) is 0.439. The fourth-order valence-electron chi connectivity index (χ4n) is 2.88. The van der Waals surface area contributed by atoms with E-state index in [1.165, 1.54) is 12.8 Å². The molecule has 20 heavy (non-hydrogen) atoms. The third-order valence-electron chi connectivity index (χ3n) is 4.03. The zero-order chi connectivity index (χ0) is 14.4. The monoisotopic (exact) mass is 278 g/mol. The van der Waals surface area contributed by atoms with Gasteiger partial charge in [0, 0.05) is 18.1 Å². The van der Waals surface area contributed by atoms with E-state index in [4.69, 9.17) is 10.5 Å². The number of hydrogen-bond acceptors (Lipinski definition) is 4. The topological polar surface area (TPSA) is 78.4 Å². The molecule has 0 aromatic heterocycles. The standard InChI is InChI=1S/C15H22N2O3/c16-11-13-6-2-4-8-15(13)20-10-9-12-5-1-3-7-14(12)17(18)19/h1,3,5,7,13,15H,2,4,6,8-11,16H2. The van der Waals surface area contributed by atoms with E-state index in [9.17, 15) is 10.1 Å². The molecule has 2 rings (SSSR count). The maximum atomic E-state index is 10.9. The minimum Gasteiger partial charge on any atom is -0.378 e. The highest BCUT2D eigenvalue weighted by atomic mass is 16.6. The predicted octanol–water partition coefficient (Wildman–Crippen LogP) is 2.67. The molecule has 1 fully saturated rings. The Bertz CT molecular complexity index is 450. The van der Waals surface area contributed by atoms with Gasteiger partial charge in [-0.05, 0) is 25.3 Å². The van der Waals surface area contributed by atoms with Crippen LogP contribution in [0.15, 0.2) is 24.3 Å². The van der Waals surface area contributed by atoms with Crippen molar-refractivity contribution in [1.29, 1.82) is 0 Å². The van der Waals surface area contributed by atoms with E-state index in [1.54, 1.807) is 18.2 Å². The van der Waals surface area contributed by atoms with Crippen molar-refractivity contribution in [2.75, 3.05) is 13.2 Å². The minimum absolute atomic E-state index is 0.176. The molecule has 5 heteroatoms. The fourth-order valence-corrected chi connectivity index (χ4v) is 2.88. The molecule has 1 aliphatic rings. The van der Waals surface area contributed by atoms with Crippen molar-refractivity contribution in [1.82, 2.24) is 0 Å². The van der Waals surface area contributed by atoms with Crippen molar-refractivity contribution in [3.8, 4) is 0 Å². The molecule has 0 bridgehead atoms. The maximum absolute atomic E-state index is 10.9. The van der Waals surface area contributed by atoms with Crippen molar-refractivity contribution < 1.29 is 9.66 Å². The van der Waals surface area contributed by atoms with Gasteiger partial charge in [-0.15, -0.1) is 0 Å². The van der Waals surface area contributed by atoms with Gasteiger partial charge in [0.2, 0.25) is 0 Å². The minimum atomic E-state index is -0.335. The van der Waals surface area contributed by atoms with Crippen molar-refractivity contribution in [2.45, 2.75) is 38.2 Å². The Morgan fingerprint density at radius 1 is 1.30 bits per heavy atom. The van der Waals surface area contributed by atoms with E-state index in [2.05, 4.69) is 0 Å². The molecule has 0 amide bonds. The van der Waals surface area contributed by atoms with Crippen molar-refractivity contribution in [3.05, 3.63) is 39.9 Å². The van der Waals surface area contributed by atoms with Crippen molar-refractivity contribution in [3.63, 3.8) is 0 Å². The first-order valence-corrected chi connectivity index (χ1v) is 7.26. The average Bonchev–Trinajstić information content (AvgIpc) is 2.48. The Labute approximate surface area is 119 Å². The number of hydrogen-bond donors (Lipinski definition) is 1. The molecular formula is C15H22N2O3. The molecule has 1 aromatic rings. The van der Waals surface area contributed by atoms with Gasteiger partial charge in [-0.2, -0.15) is 0 Å². The van der Waals surface area contributed by atoms with Gasteiger partial charge in [-0.25, -0.2) is 0 Å². The Hall–Kier alpha value is -1.46. The summed E-state index contributed by atoms with van der Waals surface area (Å²) < 4.78 is 5.92. The van der Waals surface area contributed by atoms with Gasteiger partial charge in [0.15, 0.2) is 0 Å². The molecule has 2 unspecified atom stereocenters. The summed E-state index contributed by atoms with van der Waals surface area (Å²) in [5.41, 5.74) is 6.68. The van der Waals surface area contributed by atoms with Gasteiger partial charge in [-0.1, -0.05) is 31.0 Å². The second kappa shape index (κ2) is 7.36. The van der Waals surface area contributed by atoms with Crippen molar-refractivity contribution in [2.24, 2.45) is 11.7 Å². The highest BCUT2D eigenvalue weighted by Gasteiger charge is 2.24. The van der Waals surface area contributed by atoms with E-state index in [0.717, 1.165) is 18.4 Å². The second-order valence-corrected chi connectivity index (χ2v) is 5.33. The number of nitro benzene ring substituents is 1. The third kappa shape index (κ3) is 3.77. The van der Waals surface area contributed by atoms with Gasteiger partial charge >= 0.3 is 0 Å². The summed E-state index contributed by atoms with van der Waals surface area (Å²) in [7, 11) is 0. The van der Waals surface area contributed by atoms with E-state index >= 15 is 0 Å². The molecule has 5 nitrogen and oxygen atoms in total. The van der Waals surface area contributed by atoms with E-state index in [-0.39, 0.29) is 16.7 Å². The summed E-state index contributed by atoms with van der Waals surface area (Å²) in [5, 5.41) is 10.9. The fraction of sp³-hybridized carbons (Fsp3) is 0.600. The Balaban J connectivity index is 1.88. The summed E-state index contributed by atoms with van der Waals surface area (Å²) in [4.78, 5) is 10.6. The molecule has 1 aliphatic carbocycles. The van der Waals surface area contributed by atoms with Gasteiger partial charge in [-0.3, -0.25) is 10.1 Å². The molecule has 0 radical (unpaired) electrons. The van der Waals surface area contributed by atoms with E-state index < -0.39 is 0 Å². The van der Waals surface area contributed by atoms with Crippen LogP contribution in [0.3, 0.4) is 0 Å².